The molecule has 0 amide bonds. The highest BCUT2D eigenvalue weighted by atomic mass is 79.9. The van der Waals surface area contributed by atoms with E-state index in [0.29, 0.717) is 0 Å². The summed E-state index contributed by atoms with van der Waals surface area (Å²) in [6, 6.07) is 14.2. The summed E-state index contributed by atoms with van der Waals surface area (Å²) in [7, 11) is 0. The van der Waals surface area contributed by atoms with Crippen LogP contribution in [0, 0.1) is 0 Å². The molecule has 0 saturated carbocycles. The van der Waals surface area contributed by atoms with Gasteiger partial charge < -0.3 is 5.11 Å². The van der Waals surface area contributed by atoms with E-state index in [0.717, 1.165) is 22.0 Å². The van der Waals surface area contributed by atoms with Gasteiger partial charge in [-0.25, -0.2) is 0 Å². The van der Waals surface area contributed by atoms with Crippen molar-refractivity contribution in [2.45, 2.75) is 25.4 Å². The van der Waals surface area contributed by atoms with Crippen molar-refractivity contribution < 1.29 is 5.11 Å². The molecule has 18 heavy (non-hydrogen) atoms. The molecule has 1 N–H and O–H groups in total. The van der Waals surface area contributed by atoms with E-state index in [1.165, 1.54) is 24.0 Å². The quantitative estimate of drug-likeness (QED) is 0.888. The zero-order valence-electron chi connectivity index (χ0n) is 10.1. The van der Waals surface area contributed by atoms with Gasteiger partial charge in [0, 0.05) is 4.47 Å². The summed E-state index contributed by atoms with van der Waals surface area (Å²) in [4.78, 5) is 0. The molecule has 1 unspecified atom stereocenters. The first-order valence-corrected chi connectivity index (χ1v) is 7.08. The Balaban J connectivity index is 1.92. The Morgan fingerprint density at radius 1 is 0.889 bits per heavy atom. The van der Waals surface area contributed by atoms with E-state index in [2.05, 4.69) is 34.1 Å². The van der Waals surface area contributed by atoms with Crippen LogP contribution in [0.3, 0.4) is 0 Å². The van der Waals surface area contributed by atoms with Gasteiger partial charge in [-0.3, -0.25) is 0 Å². The van der Waals surface area contributed by atoms with Gasteiger partial charge >= 0.3 is 0 Å². The first-order chi connectivity index (χ1) is 8.74. The molecule has 1 aliphatic carbocycles. The van der Waals surface area contributed by atoms with Gasteiger partial charge in [0.25, 0.3) is 0 Å². The summed E-state index contributed by atoms with van der Waals surface area (Å²) in [6.45, 7) is 0. The van der Waals surface area contributed by atoms with E-state index in [9.17, 15) is 5.11 Å². The summed E-state index contributed by atoms with van der Waals surface area (Å²) in [5, 5.41) is 10.4. The highest BCUT2D eigenvalue weighted by Gasteiger charge is 2.15. The van der Waals surface area contributed by atoms with Gasteiger partial charge in [0.1, 0.15) is 6.10 Å². The van der Waals surface area contributed by atoms with Gasteiger partial charge in [-0.2, -0.15) is 0 Å². The van der Waals surface area contributed by atoms with Crippen molar-refractivity contribution in [3.05, 3.63) is 69.2 Å². The molecular formula is C16H15BrO. The lowest BCUT2D eigenvalue weighted by Crippen LogP contribution is -2.00. The molecule has 1 atom stereocenters. The number of benzene rings is 2. The number of halogens is 1. The third-order valence-corrected chi connectivity index (χ3v) is 4.15. The maximum Gasteiger partial charge on any atom is 0.104 e. The van der Waals surface area contributed by atoms with Crippen LogP contribution in [-0.4, -0.2) is 5.11 Å². The Bertz CT molecular complexity index is 560. The van der Waals surface area contributed by atoms with Crippen LogP contribution in [0.25, 0.3) is 0 Å². The van der Waals surface area contributed by atoms with Crippen molar-refractivity contribution in [1.82, 2.24) is 0 Å². The lowest BCUT2D eigenvalue weighted by molar-refractivity contribution is 0.220. The second kappa shape index (κ2) is 4.87. The Labute approximate surface area is 116 Å². The van der Waals surface area contributed by atoms with Crippen molar-refractivity contribution in [2.75, 3.05) is 0 Å². The van der Waals surface area contributed by atoms with Crippen LogP contribution in [0.5, 0.6) is 0 Å². The topological polar surface area (TPSA) is 20.2 Å². The van der Waals surface area contributed by atoms with E-state index < -0.39 is 6.10 Å². The number of fused-ring (bicyclic) bond motifs is 1. The molecule has 0 saturated heterocycles. The van der Waals surface area contributed by atoms with Crippen molar-refractivity contribution in [1.29, 1.82) is 0 Å². The van der Waals surface area contributed by atoms with Crippen LogP contribution in [-0.2, 0) is 12.8 Å². The summed E-state index contributed by atoms with van der Waals surface area (Å²) >= 11 is 3.41. The second-order valence-corrected chi connectivity index (χ2v) is 5.75. The third-order valence-electron chi connectivity index (χ3n) is 3.62. The van der Waals surface area contributed by atoms with Crippen molar-refractivity contribution in [3.8, 4) is 0 Å². The highest BCUT2D eigenvalue weighted by molar-refractivity contribution is 9.10. The average Bonchev–Trinajstić information content (AvgIpc) is 2.86. The molecular weight excluding hydrogens is 288 g/mol. The monoisotopic (exact) mass is 302 g/mol. The van der Waals surface area contributed by atoms with Crippen molar-refractivity contribution in [2.24, 2.45) is 0 Å². The summed E-state index contributed by atoms with van der Waals surface area (Å²) in [6.07, 6.45) is 3.05. The third kappa shape index (κ3) is 2.23. The Morgan fingerprint density at radius 3 is 2.33 bits per heavy atom. The van der Waals surface area contributed by atoms with Crippen LogP contribution in [0.4, 0.5) is 0 Å². The Morgan fingerprint density at radius 2 is 1.56 bits per heavy atom. The fourth-order valence-electron chi connectivity index (χ4n) is 2.60. The van der Waals surface area contributed by atoms with Gasteiger partial charge in [-0.05, 0) is 53.6 Å². The first kappa shape index (κ1) is 11.9. The maximum atomic E-state index is 10.4. The van der Waals surface area contributed by atoms with Gasteiger partial charge in [0.05, 0.1) is 0 Å². The normalized spacial score (nSPS) is 15.4. The van der Waals surface area contributed by atoms with E-state index in [4.69, 9.17) is 0 Å². The standard InChI is InChI=1S/C16H15BrO/c17-15-8-6-12(7-9-15)16(18)14-5-4-11-2-1-3-13(11)10-14/h4-10,16,18H,1-3H2. The van der Waals surface area contributed by atoms with Gasteiger partial charge in [0.2, 0.25) is 0 Å². The Kier molecular flexibility index (Phi) is 3.23. The molecule has 0 aromatic heterocycles. The summed E-state index contributed by atoms with van der Waals surface area (Å²) < 4.78 is 1.03. The minimum Gasteiger partial charge on any atom is -0.384 e. The molecule has 0 fully saturated rings. The van der Waals surface area contributed by atoms with Crippen LogP contribution in [0.2, 0.25) is 0 Å². The second-order valence-electron chi connectivity index (χ2n) is 4.84. The minimum atomic E-state index is -0.524. The number of hydrogen-bond acceptors (Lipinski definition) is 1. The number of aliphatic hydroxyl groups is 1. The molecule has 1 aliphatic rings. The summed E-state index contributed by atoms with van der Waals surface area (Å²) in [5.41, 5.74) is 4.79. The molecule has 2 heteroatoms. The van der Waals surface area contributed by atoms with E-state index >= 15 is 0 Å². The molecule has 0 bridgehead atoms. The fourth-order valence-corrected chi connectivity index (χ4v) is 2.86. The zero-order valence-corrected chi connectivity index (χ0v) is 11.7. The minimum absolute atomic E-state index is 0.524. The SMILES string of the molecule is OC(c1ccc(Br)cc1)c1ccc2c(c1)CCC2. The number of hydrogen-bond donors (Lipinski definition) is 1. The first-order valence-electron chi connectivity index (χ1n) is 6.29. The largest absolute Gasteiger partial charge is 0.384 e. The number of aryl methyl sites for hydroxylation is 2. The fraction of sp³-hybridized carbons (Fsp3) is 0.250. The molecule has 2 aromatic rings. The van der Waals surface area contributed by atoms with Gasteiger partial charge in [0.15, 0.2) is 0 Å². The molecule has 0 heterocycles. The predicted octanol–water partition coefficient (Wildman–Crippen LogP) is 4.02. The van der Waals surface area contributed by atoms with Gasteiger partial charge in [-0.15, -0.1) is 0 Å². The molecule has 0 radical (unpaired) electrons. The molecule has 1 nitrogen and oxygen atoms in total. The lowest BCUT2D eigenvalue weighted by Gasteiger charge is -2.13. The van der Waals surface area contributed by atoms with E-state index in [-0.39, 0.29) is 0 Å². The Hall–Kier alpha value is -1.12. The lowest BCUT2D eigenvalue weighted by atomic mass is 9.98. The number of aliphatic hydroxyl groups excluding tert-OH is 1. The molecule has 0 aliphatic heterocycles. The summed E-state index contributed by atoms with van der Waals surface area (Å²) in [5.74, 6) is 0. The van der Waals surface area contributed by atoms with Crippen molar-refractivity contribution in [3.63, 3.8) is 0 Å². The maximum absolute atomic E-state index is 10.4. The molecule has 3 rings (SSSR count). The van der Waals surface area contributed by atoms with E-state index in [1.807, 2.05) is 24.3 Å². The zero-order chi connectivity index (χ0) is 12.5. The van der Waals surface area contributed by atoms with Crippen LogP contribution in [0.15, 0.2) is 46.9 Å². The predicted molar refractivity (Wildman–Crippen MR) is 76.7 cm³/mol. The number of rotatable bonds is 2. The highest BCUT2D eigenvalue weighted by Crippen LogP contribution is 2.28. The molecule has 2 aromatic carbocycles. The van der Waals surface area contributed by atoms with Crippen LogP contribution < -0.4 is 0 Å². The average molecular weight is 303 g/mol. The van der Waals surface area contributed by atoms with Crippen LogP contribution in [0.1, 0.15) is 34.8 Å². The van der Waals surface area contributed by atoms with Gasteiger partial charge in [-0.1, -0.05) is 46.3 Å². The molecule has 92 valence electrons. The van der Waals surface area contributed by atoms with Crippen LogP contribution >= 0.6 is 15.9 Å². The molecule has 0 spiro atoms. The smallest absolute Gasteiger partial charge is 0.104 e. The van der Waals surface area contributed by atoms with E-state index in [1.54, 1.807) is 0 Å². The van der Waals surface area contributed by atoms with Crippen molar-refractivity contribution >= 4 is 15.9 Å².